The van der Waals surface area contributed by atoms with Crippen LogP contribution in [0.25, 0.3) is 10.2 Å². The summed E-state index contributed by atoms with van der Waals surface area (Å²) in [5.41, 5.74) is 8.47. The van der Waals surface area contributed by atoms with E-state index in [0.29, 0.717) is 36.8 Å². The van der Waals surface area contributed by atoms with Crippen LogP contribution < -0.4 is 10.6 Å². The smallest absolute Gasteiger partial charge is 0.397 e. The fraction of sp³-hybridized carbons (Fsp3) is 0.300. The summed E-state index contributed by atoms with van der Waals surface area (Å²) >= 11 is 0.962. The zero-order valence-corrected chi connectivity index (χ0v) is 15.6. The lowest BCUT2D eigenvalue weighted by Crippen LogP contribution is -2.28. The van der Waals surface area contributed by atoms with Gasteiger partial charge in [-0.05, 0) is 48.4 Å². The monoisotopic (exact) mass is 403 g/mol. The van der Waals surface area contributed by atoms with E-state index in [0.717, 1.165) is 29.0 Å². The zero-order valence-electron chi connectivity index (χ0n) is 14.8. The van der Waals surface area contributed by atoms with Crippen molar-refractivity contribution in [2.45, 2.75) is 31.9 Å². The van der Waals surface area contributed by atoms with E-state index in [4.69, 9.17) is 5.73 Å². The second-order valence-corrected chi connectivity index (χ2v) is 8.13. The van der Waals surface area contributed by atoms with Crippen molar-refractivity contribution in [3.05, 3.63) is 51.5 Å². The highest BCUT2D eigenvalue weighted by atomic mass is 32.1. The number of hydrogen-bond acceptors (Lipinski definition) is 4. The van der Waals surface area contributed by atoms with Crippen LogP contribution in [0.5, 0.6) is 0 Å². The van der Waals surface area contributed by atoms with Crippen LogP contribution in [0.4, 0.5) is 24.5 Å². The number of aryl methyl sites for hydroxylation is 1. The van der Waals surface area contributed by atoms with Crippen molar-refractivity contribution < 1.29 is 18.0 Å². The Morgan fingerprint density at radius 3 is 2.68 bits per heavy atom. The number of halogens is 3. The van der Waals surface area contributed by atoms with Crippen LogP contribution in [0.1, 0.15) is 38.5 Å². The van der Waals surface area contributed by atoms with Gasteiger partial charge in [-0.2, -0.15) is 13.2 Å². The third-order valence-corrected chi connectivity index (χ3v) is 6.63. The van der Waals surface area contributed by atoms with Crippen molar-refractivity contribution in [1.29, 1.82) is 0 Å². The SMILES string of the molecule is Nc1c(C(=O)N2CCc3ccccc32)sc2nc(C(F)(F)F)c3c(c12)CCC3. The third-order valence-electron chi connectivity index (χ3n) is 5.54. The van der Waals surface area contributed by atoms with Gasteiger partial charge in [0.15, 0.2) is 0 Å². The lowest BCUT2D eigenvalue weighted by molar-refractivity contribution is -0.141. The van der Waals surface area contributed by atoms with E-state index in [-0.39, 0.29) is 26.9 Å². The number of nitrogen functional groups attached to an aromatic ring is 1. The number of nitrogens with zero attached hydrogens (tertiary/aromatic N) is 2. The Kier molecular flexibility index (Phi) is 3.71. The predicted octanol–water partition coefficient (Wildman–Crippen LogP) is 4.59. The summed E-state index contributed by atoms with van der Waals surface area (Å²) in [7, 11) is 0. The number of fused-ring (bicyclic) bond motifs is 4. The van der Waals surface area contributed by atoms with E-state index < -0.39 is 11.9 Å². The fourth-order valence-corrected chi connectivity index (χ4v) is 5.39. The number of alkyl halides is 3. The Balaban J connectivity index is 1.66. The highest BCUT2D eigenvalue weighted by Gasteiger charge is 2.39. The molecule has 5 rings (SSSR count). The molecule has 0 saturated heterocycles. The molecule has 28 heavy (non-hydrogen) atoms. The molecule has 1 aliphatic carbocycles. The number of para-hydroxylation sites is 1. The van der Waals surface area contributed by atoms with Crippen molar-refractivity contribution in [3.63, 3.8) is 0 Å². The quantitative estimate of drug-likeness (QED) is 0.647. The van der Waals surface area contributed by atoms with E-state index in [9.17, 15) is 18.0 Å². The minimum atomic E-state index is -4.51. The van der Waals surface area contributed by atoms with Crippen LogP contribution in [0.15, 0.2) is 24.3 Å². The van der Waals surface area contributed by atoms with Crippen LogP contribution in [0, 0.1) is 0 Å². The molecule has 0 spiro atoms. The van der Waals surface area contributed by atoms with E-state index in [1.54, 1.807) is 4.90 Å². The maximum Gasteiger partial charge on any atom is 0.433 e. The molecule has 1 amide bonds. The van der Waals surface area contributed by atoms with Crippen LogP contribution in [0.3, 0.4) is 0 Å². The first-order valence-corrected chi connectivity index (χ1v) is 9.88. The molecule has 0 saturated carbocycles. The highest BCUT2D eigenvalue weighted by molar-refractivity contribution is 7.21. The molecule has 4 nitrogen and oxygen atoms in total. The minimum Gasteiger partial charge on any atom is -0.397 e. The van der Waals surface area contributed by atoms with E-state index in [1.165, 1.54) is 0 Å². The lowest BCUT2D eigenvalue weighted by atomic mass is 10.0. The Morgan fingerprint density at radius 2 is 1.89 bits per heavy atom. The second-order valence-electron chi connectivity index (χ2n) is 7.13. The van der Waals surface area contributed by atoms with Gasteiger partial charge in [0.25, 0.3) is 5.91 Å². The van der Waals surface area contributed by atoms with Gasteiger partial charge in [0, 0.05) is 17.6 Å². The van der Waals surface area contributed by atoms with Gasteiger partial charge in [0.05, 0.1) is 5.69 Å². The first-order valence-electron chi connectivity index (χ1n) is 9.07. The van der Waals surface area contributed by atoms with Gasteiger partial charge in [0.1, 0.15) is 15.4 Å². The Morgan fingerprint density at radius 1 is 1.14 bits per heavy atom. The van der Waals surface area contributed by atoms with Crippen molar-refractivity contribution in [1.82, 2.24) is 4.98 Å². The molecule has 1 aromatic carbocycles. The Bertz CT molecular complexity index is 1140. The predicted molar refractivity (Wildman–Crippen MR) is 103 cm³/mol. The summed E-state index contributed by atoms with van der Waals surface area (Å²) in [6.07, 6.45) is -2.26. The number of benzene rings is 1. The van der Waals surface area contributed by atoms with Crippen LogP contribution in [-0.4, -0.2) is 17.4 Å². The Labute approximate surface area is 162 Å². The largest absolute Gasteiger partial charge is 0.433 e. The molecule has 8 heteroatoms. The molecule has 0 atom stereocenters. The molecular formula is C20H16F3N3OS. The molecule has 2 N–H and O–H groups in total. The molecule has 3 heterocycles. The summed E-state index contributed by atoms with van der Waals surface area (Å²) in [4.78, 5) is 19.2. The van der Waals surface area contributed by atoms with E-state index >= 15 is 0 Å². The molecule has 144 valence electrons. The highest BCUT2D eigenvalue weighted by Crippen LogP contribution is 2.45. The third kappa shape index (κ3) is 2.44. The topological polar surface area (TPSA) is 59.2 Å². The van der Waals surface area contributed by atoms with Crippen molar-refractivity contribution in [3.8, 4) is 0 Å². The van der Waals surface area contributed by atoms with Crippen molar-refractivity contribution in [2.75, 3.05) is 17.2 Å². The number of amides is 1. The van der Waals surface area contributed by atoms with E-state index in [1.807, 2.05) is 24.3 Å². The van der Waals surface area contributed by atoms with Crippen molar-refractivity contribution >= 4 is 38.8 Å². The number of aromatic nitrogens is 1. The maximum atomic E-state index is 13.5. The summed E-state index contributed by atoms with van der Waals surface area (Å²) in [6, 6.07) is 7.64. The van der Waals surface area contributed by atoms with Crippen LogP contribution in [-0.2, 0) is 25.4 Å². The van der Waals surface area contributed by atoms with Gasteiger partial charge in [-0.25, -0.2) is 4.98 Å². The van der Waals surface area contributed by atoms with Gasteiger partial charge in [-0.3, -0.25) is 4.79 Å². The normalized spacial score (nSPS) is 15.9. The maximum absolute atomic E-state index is 13.5. The number of rotatable bonds is 1. The number of nitrogens with two attached hydrogens (primary N) is 1. The number of carbonyl (C=O) groups excluding carboxylic acids is 1. The average Bonchev–Trinajstić information content (AvgIpc) is 3.36. The molecule has 1 aliphatic heterocycles. The summed E-state index contributed by atoms with van der Waals surface area (Å²) in [6.45, 7) is 0.533. The van der Waals surface area contributed by atoms with Gasteiger partial charge < -0.3 is 10.6 Å². The molecule has 2 aromatic heterocycles. The minimum absolute atomic E-state index is 0.196. The molecular weight excluding hydrogens is 387 g/mol. The molecule has 0 radical (unpaired) electrons. The molecule has 0 unspecified atom stereocenters. The first-order chi connectivity index (χ1) is 13.4. The van der Waals surface area contributed by atoms with Crippen molar-refractivity contribution in [2.24, 2.45) is 0 Å². The number of anilines is 2. The molecule has 3 aromatic rings. The van der Waals surface area contributed by atoms with Crippen LogP contribution >= 0.6 is 11.3 Å². The summed E-state index contributed by atoms with van der Waals surface area (Å²) < 4.78 is 40.5. The molecule has 2 aliphatic rings. The summed E-state index contributed by atoms with van der Waals surface area (Å²) in [5, 5.41) is 0.529. The van der Waals surface area contributed by atoms with Gasteiger partial charge >= 0.3 is 6.18 Å². The Hall–Kier alpha value is -2.61. The zero-order chi connectivity index (χ0) is 19.6. The average molecular weight is 403 g/mol. The van der Waals surface area contributed by atoms with E-state index in [2.05, 4.69) is 4.98 Å². The number of hydrogen-bond donors (Lipinski definition) is 1. The summed E-state index contributed by atoms with van der Waals surface area (Å²) in [5.74, 6) is -0.272. The molecule has 0 bridgehead atoms. The fourth-order valence-electron chi connectivity index (χ4n) is 4.32. The number of carbonyl (C=O) groups is 1. The standard InChI is InChI=1S/C20H16F3N3OS/c21-20(22,23)17-12-6-3-5-11(12)14-15(24)16(28-18(14)25-17)19(27)26-9-8-10-4-1-2-7-13(10)26/h1-2,4,7H,3,5-6,8-9,24H2. The molecule has 0 fully saturated rings. The van der Waals surface area contributed by atoms with Gasteiger partial charge in [0.2, 0.25) is 0 Å². The lowest BCUT2D eigenvalue weighted by Gasteiger charge is -2.16. The second kappa shape index (κ2) is 5.94. The number of pyridine rings is 1. The van der Waals surface area contributed by atoms with Gasteiger partial charge in [-0.1, -0.05) is 18.2 Å². The first kappa shape index (κ1) is 17.5. The number of thiophene rings is 1. The van der Waals surface area contributed by atoms with Crippen LogP contribution in [0.2, 0.25) is 0 Å². The van der Waals surface area contributed by atoms with Gasteiger partial charge in [-0.15, -0.1) is 11.3 Å².